The summed E-state index contributed by atoms with van der Waals surface area (Å²) in [5.41, 5.74) is 5.28. The first-order valence-electron chi connectivity index (χ1n) is 4.79. The number of hydrogen-bond donors (Lipinski definition) is 2. The minimum atomic E-state index is -3.37. The van der Waals surface area contributed by atoms with Crippen LogP contribution in [0.4, 0.5) is 0 Å². The van der Waals surface area contributed by atoms with Crippen molar-refractivity contribution in [2.24, 2.45) is 5.73 Å². The van der Waals surface area contributed by atoms with Gasteiger partial charge < -0.3 is 10.8 Å². The highest BCUT2D eigenvalue weighted by Crippen LogP contribution is 2.23. The fourth-order valence-electron chi connectivity index (χ4n) is 1.27. The Bertz CT molecular complexity index is 414. The first kappa shape index (κ1) is 12.0. The zero-order chi connectivity index (χ0) is 11.3. The summed E-state index contributed by atoms with van der Waals surface area (Å²) in [6, 6.07) is 5.96. The lowest BCUT2D eigenvalue weighted by atomic mass is 10.3. The first-order valence-corrected chi connectivity index (χ1v) is 6.44. The largest absolute Gasteiger partial charge is 0.507 e. The quantitative estimate of drug-likeness (QED) is 0.735. The molecule has 0 atom stereocenters. The van der Waals surface area contributed by atoms with Crippen molar-refractivity contribution in [3.63, 3.8) is 0 Å². The average Bonchev–Trinajstić information content (AvgIpc) is 2.18. The molecular weight excluding hydrogens is 214 g/mol. The summed E-state index contributed by atoms with van der Waals surface area (Å²) in [4.78, 5) is 0.00187. The van der Waals surface area contributed by atoms with Gasteiger partial charge in [-0.1, -0.05) is 12.1 Å². The molecule has 1 aromatic rings. The molecule has 0 unspecified atom stereocenters. The van der Waals surface area contributed by atoms with Gasteiger partial charge in [0.1, 0.15) is 10.6 Å². The number of rotatable bonds is 5. The number of sulfone groups is 1. The molecule has 1 rings (SSSR count). The molecular formula is C10H15NO3S. The van der Waals surface area contributed by atoms with Crippen molar-refractivity contribution in [3.8, 4) is 5.75 Å². The van der Waals surface area contributed by atoms with E-state index in [0.717, 1.165) is 0 Å². The molecule has 0 aliphatic rings. The molecule has 15 heavy (non-hydrogen) atoms. The normalized spacial score (nSPS) is 11.5. The molecule has 0 saturated carbocycles. The van der Waals surface area contributed by atoms with Crippen LogP contribution in [0.1, 0.15) is 12.8 Å². The van der Waals surface area contributed by atoms with E-state index in [1.54, 1.807) is 12.1 Å². The highest BCUT2D eigenvalue weighted by atomic mass is 32.2. The van der Waals surface area contributed by atoms with Crippen molar-refractivity contribution in [1.29, 1.82) is 0 Å². The second-order valence-corrected chi connectivity index (χ2v) is 5.36. The molecule has 0 fully saturated rings. The third-order valence-corrected chi connectivity index (χ3v) is 3.91. The van der Waals surface area contributed by atoms with Crippen LogP contribution in [-0.4, -0.2) is 25.8 Å². The Morgan fingerprint density at radius 3 is 2.47 bits per heavy atom. The van der Waals surface area contributed by atoms with Gasteiger partial charge >= 0.3 is 0 Å². The van der Waals surface area contributed by atoms with Gasteiger partial charge in [-0.3, -0.25) is 0 Å². The number of phenolic OH excluding ortho intramolecular Hbond substituents is 1. The summed E-state index contributed by atoms with van der Waals surface area (Å²) >= 11 is 0. The number of nitrogens with two attached hydrogens (primary N) is 1. The van der Waals surface area contributed by atoms with Crippen LogP contribution in [0.15, 0.2) is 29.2 Å². The summed E-state index contributed by atoms with van der Waals surface area (Å²) in [6.45, 7) is 0.482. The third kappa shape index (κ3) is 3.21. The molecule has 0 aromatic heterocycles. The maximum absolute atomic E-state index is 11.7. The molecule has 0 amide bonds. The van der Waals surface area contributed by atoms with E-state index in [1.165, 1.54) is 12.1 Å². The molecule has 0 heterocycles. The van der Waals surface area contributed by atoms with E-state index in [4.69, 9.17) is 5.73 Å². The Morgan fingerprint density at radius 1 is 1.20 bits per heavy atom. The number of benzene rings is 1. The van der Waals surface area contributed by atoms with Gasteiger partial charge in [-0.15, -0.1) is 0 Å². The van der Waals surface area contributed by atoms with E-state index in [2.05, 4.69) is 0 Å². The fraction of sp³-hybridized carbons (Fsp3) is 0.400. The van der Waals surface area contributed by atoms with E-state index in [9.17, 15) is 13.5 Å². The molecule has 3 N–H and O–H groups in total. The van der Waals surface area contributed by atoms with Crippen LogP contribution in [0.3, 0.4) is 0 Å². The van der Waals surface area contributed by atoms with Gasteiger partial charge in [0.2, 0.25) is 0 Å². The van der Waals surface area contributed by atoms with Crippen molar-refractivity contribution in [3.05, 3.63) is 24.3 Å². The smallest absolute Gasteiger partial charge is 0.182 e. The van der Waals surface area contributed by atoms with Crippen molar-refractivity contribution < 1.29 is 13.5 Å². The van der Waals surface area contributed by atoms with Crippen LogP contribution >= 0.6 is 0 Å². The Labute approximate surface area is 89.7 Å². The number of aromatic hydroxyl groups is 1. The molecule has 0 spiro atoms. The van der Waals surface area contributed by atoms with Crippen LogP contribution in [0.2, 0.25) is 0 Å². The molecule has 1 aromatic carbocycles. The van der Waals surface area contributed by atoms with Crippen LogP contribution in [0.5, 0.6) is 5.75 Å². The molecule has 0 aliphatic carbocycles. The molecule has 0 aliphatic heterocycles. The van der Waals surface area contributed by atoms with E-state index < -0.39 is 9.84 Å². The molecule has 0 saturated heterocycles. The van der Waals surface area contributed by atoms with Gasteiger partial charge in [-0.05, 0) is 31.5 Å². The zero-order valence-corrected chi connectivity index (χ0v) is 9.20. The summed E-state index contributed by atoms with van der Waals surface area (Å²) < 4.78 is 23.5. The zero-order valence-electron chi connectivity index (χ0n) is 8.39. The minimum Gasteiger partial charge on any atom is -0.507 e. The Kier molecular flexibility index (Phi) is 4.11. The fourth-order valence-corrected chi connectivity index (χ4v) is 2.74. The predicted octanol–water partition coefficient (Wildman–Crippen LogP) is 0.905. The summed E-state index contributed by atoms with van der Waals surface area (Å²) in [6.07, 6.45) is 1.19. The van der Waals surface area contributed by atoms with Gasteiger partial charge in [0.05, 0.1) is 5.75 Å². The summed E-state index contributed by atoms with van der Waals surface area (Å²) in [5, 5.41) is 9.40. The highest BCUT2D eigenvalue weighted by molar-refractivity contribution is 7.91. The van der Waals surface area contributed by atoms with Crippen molar-refractivity contribution in [2.45, 2.75) is 17.7 Å². The lowest BCUT2D eigenvalue weighted by Crippen LogP contribution is -2.09. The number of para-hydroxylation sites is 1. The molecule has 0 bridgehead atoms. The van der Waals surface area contributed by atoms with Crippen molar-refractivity contribution >= 4 is 9.84 Å². The van der Waals surface area contributed by atoms with Gasteiger partial charge in [-0.25, -0.2) is 8.42 Å². The Morgan fingerprint density at radius 2 is 1.87 bits per heavy atom. The van der Waals surface area contributed by atoms with Crippen LogP contribution < -0.4 is 5.73 Å². The molecule has 0 radical (unpaired) electrons. The second-order valence-electron chi connectivity index (χ2n) is 3.28. The lowest BCUT2D eigenvalue weighted by Gasteiger charge is -2.05. The number of phenols is 1. The van der Waals surface area contributed by atoms with Crippen molar-refractivity contribution in [1.82, 2.24) is 0 Å². The molecule has 84 valence electrons. The van der Waals surface area contributed by atoms with Crippen LogP contribution in [-0.2, 0) is 9.84 Å². The average molecular weight is 229 g/mol. The number of unbranched alkanes of at least 4 members (excludes halogenated alkanes) is 1. The third-order valence-electron chi connectivity index (χ3n) is 2.07. The van der Waals surface area contributed by atoms with E-state index >= 15 is 0 Å². The Hall–Kier alpha value is -1.07. The predicted molar refractivity (Wildman–Crippen MR) is 58.4 cm³/mol. The minimum absolute atomic E-state index is 0.00187. The van der Waals surface area contributed by atoms with E-state index in [1.807, 2.05) is 0 Å². The van der Waals surface area contributed by atoms with Crippen LogP contribution in [0.25, 0.3) is 0 Å². The molecule has 4 nitrogen and oxygen atoms in total. The summed E-state index contributed by atoms with van der Waals surface area (Å²) in [5.74, 6) is -0.160. The topological polar surface area (TPSA) is 80.4 Å². The van der Waals surface area contributed by atoms with Gasteiger partial charge in [0.15, 0.2) is 9.84 Å². The van der Waals surface area contributed by atoms with E-state index in [0.29, 0.717) is 19.4 Å². The van der Waals surface area contributed by atoms with E-state index in [-0.39, 0.29) is 16.4 Å². The second kappa shape index (κ2) is 5.14. The monoisotopic (exact) mass is 229 g/mol. The lowest BCUT2D eigenvalue weighted by molar-refractivity contribution is 0.458. The van der Waals surface area contributed by atoms with Gasteiger partial charge in [0, 0.05) is 0 Å². The van der Waals surface area contributed by atoms with Gasteiger partial charge in [0.25, 0.3) is 0 Å². The molecule has 5 heteroatoms. The maximum atomic E-state index is 11.7. The Balaban J connectivity index is 2.83. The number of hydrogen-bond acceptors (Lipinski definition) is 4. The first-order chi connectivity index (χ1) is 7.08. The SMILES string of the molecule is NCCCCS(=O)(=O)c1ccccc1O. The standard InChI is InChI=1S/C10H15NO3S/c11-7-3-4-8-15(13,14)10-6-2-1-5-9(10)12/h1-2,5-6,12H,3-4,7-8,11H2. The van der Waals surface area contributed by atoms with Gasteiger partial charge in [-0.2, -0.15) is 0 Å². The van der Waals surface area contributed by atoms with Crippen molar-refractivity contribution in [2.75, 3.05) is 12.3 Å². The maximum Gasteiger partial charge on any atom is 0.182 e. The summed E-state index contributed by atoms with van der Waals surface area (Å²) in [7, 11) is -3.37. The highest BCUT2D eigenvalue weighted by Gasteiger charge is 2.17. The van der Waals surface area contributed by atoms with Crippen LogP contribution in [0, 0.1) is 0 Å².